The first-order valence-corrected chi connectivity index (χ1v) is 9.83. The van der Waals surface area contributed by atoms with Crippen molar-refractivity contribution in [3.05, 3.63) is 77.2 Å². The van der Waals surface area contributed by atoms with Gasteiger partial charge in [0.1, 0.15) is 5.82 Å². The molecule has 2 N–H and O–H groups in total. The Kier molecular flexibility index (Phi) is 5.20. The standard InChI is InChI=1S/C23H25FN4O/c1-23(2,28-12-11-16-5-3-4-6-18(16)14-28)15-25-22(29)20-13-26-27-21(20)17-7-9-19(24)10-8-17/h3-10,13H,11-12,14-15H2,1-2H3,(H,25,29)(H,26,27). The molecule has 0 atom stereocenters. The van der Waals surface area contributed by atoms with Crippen LogP contribution in [-0.4, -0.2) is 39.6 Å². The van der Waals surface area contributed by atoms with Crippen LogP contribution in [0.1, 0.15) is 35.3 Å². The summed E-state index contributed by atoms with van der Waals surface area (Å²) in [4.78, 5) is 15.2. The smallest absolute Gasteiger partial charge is 0.255 e. The molecule has 4 rings (SSSR count). The maximum atomic E-state index is 13.2. The lowest BCUT2D eigenvalue weighted by atomic mass is 9.94. The number of amides is 1. The van der Waals surface area contributed by atoms with E-state index in [-0.39, 0.29) is 17.3 Å². The molecule has 1 aromatic heterocycles. The second kappa shape index (κ2) is 7.79. The Bertz CT molecular complexity index is 1010. The Morgan fingerprint density at radius 3 is 2.66 bits per heavy atom. The zero-order valence-corrected chi connectivity index (χ0v) is 16.7. The number of H-pyrrole nitrogens is 1. The Balaban J connectivity index is 1.43. The van der Waals surface area contributed by atoms with E-state index in [9.17, 15) is 9.18 Å². The summed E-state index contributed by atoms with van der Waals surface area (Å²) in [6.07, 6.45) is 2.53. The van der Waals surface area contributed by atoms with Gasteiger partial charge in [0.25, 0.3) is 5.91 Å². The van der Waals surface area contributed by atoms with Crippen molar-refractivity contribution >= 4 is 5.91 Å². The molecule has 0 saturated carbocycles. The predicted molar refractivity (Wildman–Crippen MR) is 111 cm³/mol. The number of nitrogens with zero attached hydrogens (tertiary/aromatic N) is 2. The summed E-state index contributed by atoms with van der Waals surface area (Å²) in [6.45, 7) is 6.66. The Morgan fingerprint density at radius 2 is 1.90 bits per heavy atom. The Hall–Kier alpha value is -2.99. The van der Waals surface area contributed by atoms with E-state index in [1.165, 1.54) is 29.5 Å². The molecule has 0 bridgehead atoms. The quantitative estimate of drug-likeness (QED) is 0.695. The van der Waals surface area contributed by atoms with Gasteiger partial charge in [0, 0.05) is 30.7 Å². The number of benzene rings is 2. The fraction of sp³-hybridized carbons (Fsp3) is 0.304. The van der Waals surface area contributed by atoms with Crippen molar-refractivity contribution in [1.29, 1.82) is 0 Å². The fourth-order valence-electron chi connectivity index (χ4n) is 3.81. The van der Waals surface area contributed by atoms with E-state index in [4.69, 9.17) is 0 Å². The van der Waals surface area contributed by atoms with E-state index < -0.39 is 0 Å². The van der Waals surface area contributed by atoms with Gasteiger partial charge in [-0.05, 0) is 55.7 Å². The van der Waals surface area contributed by atoms with Gasteiger partial charge in [0.2, 0.25) is 0 Å². The lowest BCUT2D eigenvalue weighted by Gasteiger charge is -2.41. The predicted octanol–water partition coefficient (Wildman–Crippen LogP) is 3.78. The van der Waals surface area contributed by atoms with Crippen LogP contribution in [0.25, 0.3) is 11.3 Å². The lowest BCUT2D eigenvalue weighted by Crippen LogP contribution is -2.53. The maximum absolute atomic E-state index is 13.2. The molecule has 150 valence electrons. The van der Waals surface area contributed by atoms with E-state index in [0.717, 1.165) is 25.1 Å². The Morgan fingerprint density at radius 1 is 1.17 bits per heavy atom. The number of aromatic nitrogens is 2. The van der Waals surface area contributed by atoms with Crippen LogP contribution in [-0.2, 0) is 13.0 Å². The highest BCUT2D eigenvalue weighted by atomic mass is 19.1. The van der Waals surface area contributed by atoms with E-state index in [0.29, 0.717) is 17.8 Å². The molecule has 2 heterocycles. The summed E-state index contributed by atoms with van der Waals surface area (Å²) in [6, 6.07) is 14.5. The number of nitrogens with one attached hydrogen (secondary N) is 2. The third kappa shape index (κ3) is 4.07. The molecule has 0 aliphatic carbocycles. The number of rotatable bonds is 5. The average molecular weight is 392 g/mol. The SMILES string of the molecule is CC(C)(CNC(=O)c1cn[nH]c1-c1ccc(F)cc1)N1CCc2ccccc2C1. The van der Waals surface area contributed by atoms with Crippen molar-refractivity contribution in [2.75, 3.05) is 13.1 Å². The molecular weight excluding hydrogens is 367 g/mol. The number of aromatic amines is 1. The minimum Gasteiger partial charge on any atom is -0.350 e. The van der Waals surface area contributed by atoms with Crippen molar-refractivity contribution in [3.63, 3.8) is 0 Å². The summed E-state index contributed by atoms with van der Waals surface area (Å²) in [5, 5.41) is 9.92. The fourth-order valence-corrected chi connectivity index (χ4v) is 3.81. The normalized spacial score (nSPS) is 14.4. The van der Waals surface area contributed by atoms with E-state index in [1.54, 1.807) is 12.1 Å². The molecule has 1 amide bonds. The molecular formula is C23H25FN4O. The highest BCUT2D eigenvalue weighted by Gasteiger charge is 2.30. The second-order valence-corrected chi connectivity index (χ2v) is 8.10. The lowest BCUT2D eigenvalue weighted by molar-refractivity contribution is 0.0826. The van der Waals surface area contributed by atoms with Crippen molar-refractivity contribution in [1.82, 2.24) is 20.4 Å². The molecule has 1 aliphatic rings. The summed E-state index contributed by atoms with van der Waals surface area (Å²) < 4.78 is 13.2. The number of hydrogen-bond acceptors (Lipinski definition) is 3. The minimum atomic E-state index is -0.316. The van der Waals surface area contributed by atoms with E-state index in [2.05, 4.69) is 58.5 Å². The molecule has 0 fully saturated rings. The summed E-state index contributed by atoms with van der Waals surface area (Å²) in [7, 11) is 0. The van der Waals surface area contributed by atoms with Crippen LogP contribution in [0.4, 0.5) is 4.39 Å². The molecule has 3 aromatic rings. The van der Waals surface area contributed by atoms with E-state index in [1.807, 2.05) is 0 Å². The van der Waals surface area contributed by atoms with Gasteiger partial charge in [-0.2, -0.15) is 5.10 Å². The van der Waals surface area contributed by atoms with Gasteiger partial charge < -0.3 is 5.32 Å². The molecule has 0 saturated heterocycles. The van der Waals surface area contributed by atoms with Crippen LogP contribution in [0.2, 0.25) is 0 Å². The first kappa shape index (κ1) is 19.3. The van der Waals surface area contributed by atoms with Gasteiger partial charge in [-0.1, -0.05) is 24.3 Å². The molecule has 5 nitrogen and oxygen atoms in total. The maximum Gasteiger partial charge on any atom is 0.255 e. The van der Waals surface area contributed by atoms with E-state index >= 15 is 0 Å². The van der Waals surface area contributed by atoms with Gasteiger partial charge in [-0.3, -0.25) is 14.8 Å². The monoisotopic (exact) mass is 392 g/mol. The van der Waals surface area contributed by atoms with Crippen LogP contribution in [0.3, 0.4) is 0 Å². The zero-order chi connectivity index (χ0) is 20.4. The summed E-state index contributed by atoms with van der Waals surface area (Å²) in [5.41, 5.74) is 4.34. The molecule has 29 heavy (non-hydrogen) atoms. The Labute approximate surface area is 169 Å². The molecule has 2 aromatic carbocycles. The molecule has 6 heteroatoms. The largest absolute Gasteiger partial charge is 0.350 e. The number of carbonyl (C=O) groups excluding carboxylic acids is 1. The molecule has 1 aliphatic heterocycles. The van der Waals surface area contributed by atoms with Crippen molar-refractivity contribution in [2.24, 2.45) is 0 Å². The molecule has 0 spiro atoms. The molecule has 0 unspecified atom stereocenters. The number of carbonyl (C=O) groups is 1. The van der Waals surface area contributed by atoms with Gasteiger partial charge in [-0.15, -0.1) is 0 Å². The van der Waals surface area contributed by atoms with Crippen LogP contribution in [0, 0.1) is 5.82 Å². The minimum absolute atomic E-state index is 0.191. The number of hydrogen-bond donors (Lipinski definition) is 2. The number of fused-ring (bicyclic) bond motifs is 1. The second-order valence-electron chi connectivity index (χ2n) is 8.10. The summed E-state index contributed by atoms with van der Waals surface area (Å²) >= 11 is 0. The summed E-state index contributed by atoms with van der Waals surface area (Å²) in [5.74, 6) is -0.507. The van der Waals surface area contributed by atoms with Gasteiger partial charge in [0.05, 0.1) is 17.5 Å². The van der Waals surface area contributed by atoms with Crippen LogP contribution in [0.5, 0.6) is 0 Å². The van der Waals surface area contributed by atoms with Crippen LogP contribution in [0.15, 0.2) is 54.7 Å². The first-order valence-electron chi connectivity index (χ1n) is 9.83. The van der Waals surface area contributed by atoms with Crippen LogP contribution < -0.4 is 5.32 Å². The third-order valence-electron chi connectivity index (χ3n) is 5.69. The topological polar surface area (TPSA) is 61.0 Å². The van der Waals surface area contributed by atoms with Crippen LogP contribution >= 0.6 is 0 Å². The highest BCUT2D eigenvalue weighted by molar-refractivity contribution is 5.99. The van der Waals surface area contributed by atoms with Gasteiger partial charge in [-0.25, -0.2) is 4.39 Å². The zero-order valence-electron chi connectivity index (χ0n) is 16.7. The first-order chi connectivity index (χ1) is 13.9. The van der Waals surface area contributed by atoms with Crippen molar-refractivity contribution in [2.45, 2.75) is 32.4 Å². The van der Waals surface area contributed by atoms with Gasteiger partial charge >= 0.3 is 0 Å². The van der Waals surface area contributed by atoms with Crippen molar-refractivity contribution in [3.8, 4) is 11.3 Å². The third-order valence-corrected chi connectivity index (χ3v) is 5.69. The number of halogens is 1. The highest BCUT2D eigenvalue weighted by Crippen LogP contribution is 2.25. The van der Waals surface area contributed by atoms with Gasteiger partial charge in [0.15, 0.2) is 0 Å². The average Bonchev–Trinajstić information content (AvgIpc) is 3.22. The van der Waals surface area contributed by atoms with Crippen molar-refractivity contribution < 1.29 is 9.18 Å². The molecule has 0 radical (unpaired) electrons.